The lowest BCUT2D eigenvalue weighted by Gasteiger charge is -2.31. The lowest BCUT2D eigenvalue weighted by atomic mass is 10.00. The molecule has 9 heteroatoms. The molecule has 1 aromatic heterocycles. The largest absolute Gasteiger partial charge is 0.457 e. The fourth-order valence-electron chi connectivity index (χ4n) is 4.34. The van der Waals surface area contributed by atoms with E-state index in [0.29, 0.717) is 42.5 Å². The number of hydrogen-bond acceptors (Lipinski definition) is 6. The highest BCUT2D eigenvalue weighted by Gasteiger charge is 2.26. The summed E-state index contributed by atoms with van der Waals surface area (Å²) in [7, 11) is 0. The summed E-state index contributed by atoms with van der Waals surface area (Å²) in [6.07, 6.45) is 2.27. The zero-order valence-corrected chi connectivity index (χ0v) is 19.2. The predicted molar refractivity (Wildman–Crippen MR) is 127 cm³/mol. The van der Waals surface area contributed by atoms with Crippen LogP contribution in [0.5, 0.6) is 11.5 Å². The first kappa shape index (κ1) is 22.9. The second-order valence-electron chi connectivity index (χ2n) is 8.92. The highest BCUT2D eigenvalue weighted by molar-refractivity contribution is 5.91. The summed E-state index contributed by atoms with van der Waals surface area (Å²) < 4.78 is 19.2. The minimum Gasteiger partial charge on any atom is -0.457 e. The number of carbonyl (C=O) groups excluding carboxylic acids is 2. The predicted octanol–water partition coefficient (Wildman–Crippen LogP) is 3.06. The molecule has 0 saturated carbocycles. The Hall–Kier alpha value is -3.85. The first-order chi connectivity index (χ1) is 16.9. The molecule has 1 atom stereocenters. The Bertz CT molecular complexity index is 1260. The Balaban J connectivity index is 1.50. The van der Waals surface area contributed by atoms with Crippen LogP contribution in [0, 0.1) is 11.7 Å². The lowest BCUT2D eigenvalue weighted by molar-refractivity contribution is -0.122. The van der Waals surface area contributed by atoms with Crippen LogP contribution in [0.25, 0.3) is 11.4 Å². The molecule has 0 aliphatic carbocycles. The number of hydrogen-bond donors (Lipinski definition) is 2. The van der Waals surface area contributed by atoms with Gasteiger partial charge in [-0.15, -0.1) is 0 Å². The summed E-state index contributed by atoms with van der Waals surface area (Å²) >= 11 is 0. The third-order valence-electron chi connectivity index (χ3n) is 6.36. The number of ether oxygens (including phenoxy) is 1. The van der Waals surface area contributed by atoms with Crippen molar-refractivity contribution in [2.24, 2.45) is 11.7 Å². The third-order valence-corrected chi connectivity index (χ3v) is 6.36. The summed E-state index contributed by atoms with van der Waals surface area (Å²) in [4.78, 5) is 35.6. The van der Waals surface area contributed by atoms with Gasteiger partial charge in [-0.05, 0) is 80.0 Å². The number of halogens is 1. The van der Waals surface area contributed by atoms with Gasteiger partial charge in [0.25, 0.3) is 5.91 Å². The second kappa shape index (κ2) is 9.79. The highest BCUT2D eigenvalue weighted by Crippen LogP contribution is 2.31. The Morgan fingerprint density at radius 3 is 2.54 bits per heavy atom. The van der Waals surface area contributed by atoms with E-state index in [9.17, 15) is 14.0 Å². The van der Waals surface area contributed by atoms with Crippen molar-refractivity contribution in [3.63, 3.8) is 0 Å². The molecule has 2 amide bonds. The summed E-state index contributed by atoms with van der Waals surface area (Å²) in [5, 5.41) is 2.83. The maximum Gasteiger partial charge on any atom is 0.267 e. The van der Waals surface area contributed by atoms with Gasteiger partial charge in [0.2, 0.25) is 5.91 Å². The average molecular weight is 476 g/mol. The number of aromatic nitrogens is 2. The molecule has 0 spiro atoms. The van der Waals surface area contributed by atoms with Gasteiger partial charge in [0.15, 0.2) is 5.82 Å². The van der Waals surface area contributed by atoms with Crippen molar-refractivity contribution in [1.82, 2.24) is 20.2 Å². The topological polar surface area (TPSA) is 110 Å². The van der Waals surface area contributed by atoms with Crippen molar-refractivity contribution < 1.29 is 18.7 Å². The van der Waals surface area contributed by atoms with Crippen LogP contribution in [0.1, 0.15) is 34.6 Å². The van der Waals surface area contributed by atoms with Crippen LogP contribution in [0.4, 0.5) is 4.39 Å². The van der Waals surface area contributed by atoms with E-state index in [4.69, 9.17) is 15.5 Å². The minimum atomic E-state index is -0.647. The molecule has 2 aliphatic rings. The maximum atomic E-state index is 13.3. The molecular weight excluding hydrogens is 449 g/mol. The molecule has 1 unspecified atom stereocenters. The van der Waals surface area contributed by atoms with Gasteiger partial charge in [-0.3, -0.25) is 14.5 Å². The van der Waals surface area contributed by atoms with Crippen LogP contribution in [0.15, 0.2) is 48.5 Å². The molecular formula is C26H26FN5O3. The summed E-state index contributed by atoms with van der Waals surface area (Å²) in [5.74, 6) is 0.341. The van der Waals surface area contributed by atoms with Crippen molar-refractivity contribution >= 4 is 11.8 Å². The SMILES string of the molecule is NC(=O)c1cc(CC2CCNC2=O)nc(-c2ccc(Oc3ccc(F)cc3)cc2CN2CCC2)n1. The number of benzene rings is 2. The van der Waals surface area contributed by atoms with Gasteiger partial charge in [0, 0.05) is 36.7 Å². The first-order valence-corrected chi connectivity index (χ1v) is 11.7. The average Bonchev–Trinajstić information content (AvgIpc) is 3.22. The van der Waals surface area contributed by atoms with Crippen molar-refractivity contribution in [3.8, 4) is 22.9 Å². The first-order valence-electron chi connectivity index (χ1n) is 11.7. The van der Waals surface area contributed by atoms with Crippen LogP contribution >= 0.6 is 0 Å². The molecule has 180 valence electrons. The zero-order chi connectivity index (χ0) is 24.4. The van der Waals surface area contributed by atoms with Crippen molar-refractivity contribution in [1.29, 1.82) is 0 Å². The van der Waals surface area contributed by atoms with E-state index in [-0.39, 0.29) is 23.3 Å². The van der Waals surface area contributed by atoms with E-state index in [0.717, 1.165) is 37.1 Å². The Labute approximate surface area is 202 Å². The van der Waals surface area contributed by atoms with Crippen molar-refractivity contribution in [2.75, 3.05) is 19.6 Å². The normalized spacial score (nSPS) is 17.6. The van der Waals surface area contributed by atoms with Gasteiger partial charge in [0.1, 0.15) is 23.0 Å². The van der Waals surface area contributed by atoms with Gasteiger partial charge in [0.05, 0.1) is 0 Å². The van der Waals surface area contributed by atoms with E-state index in [1.807, 2.05) is 12.1 Å². The van der Waals surface area contributed by atoms with Crippen molar-refractivity contribution in [2.45, 2.75) is 25.8 Å². The summed E-state index contributed by atoms with van der Waals surface area (Å²) in [6.45, 7) is 3.29. The van der Waals surface area contributed by atoms with Crippen LogP contribution in [0.2, 0.25) is 0 Å². The number of amides is 2. The van der Waals surface area contributed by atoms with Crippen LogP contribution in [-0.4, -0.2) is 46.3 Å². The van der Waals surface area contributed by atoms with Gasteiger partial charge >= 0.3 is 0 Å². The Kier molecular flexibility index (Phi) is 6.41. The molecule has 2 aromatic carbocycles. The van der Waals surface area contributed by atoms with Gasteiger partial charge in [-0.1, -0.05) is 0 Å². The van der Waals surface area contributed by atoms with Gasteiger partial charge in [-0.25, -0.2) is 14.4 Å². The fraction of sp³-hybridized carbons (Fsp3) is 0.308. The molecule has 3 N–H and O–H groups in total. The Morgan fingerprint density at radius 2 is 1.89 bits per heavy atom. The minimum absolute atomic E-state index is 0.00782. The number of nitrogens with one attached hydrogen (secondary N) is 1. The van der Waals surface area contributed by atoms with E-state index >= 15 is 0 Å². The number of carbonyl (C=O) groups is 2. The number of nitrogens with zero attached hydrogens (tertiary/aromatic N) is 3. The summed E-state index contributed by atoms with van der Waals surface area (Å²) in [5.41, 5.74) is 8.00. The van der Waals surface area contributed by atoms with E-state index in [1.165, 1.54) is 12.1 Å². The molecule has 0 radical (unpaired) electrons. The van der Waals surface area contributed by atoms with Gasteiger partial charge in [-0.2, -0.15) is 0 Å². The van der Waals surface area contributed by atoms with E-state index < -0.39 is 5.91 Å². The van der Waals surface area contributed by atoms with Crippen LogP contribution < -0.4 is 15.8 Å². The van der Waals surface area contributed by atoms with E-state index in [2.05, 4.69) is 15.2 Å². The van der Waals surface area contributed by atoms with Gasteiger partial charge < -0.3 is 15.8 Å². The second-order valence-corrected chi connectivity index (χ2v) is 8.92. The number of nitrogens with two attached hydrogens (primary N) is 1. The summed E-state index contributed by atoms with van der Waals surface area (Å²) in [6, 6.07) is 13.0. The molecule has 2 saturated heterocycles. The quantitative estimate of drug-likeness (QED) is 0.518. The standard InChI is InChI=1S/C26H26FN5O3/c27-18-2-4-20(5-3-18)35-21-6-7-22(17(13-21)15-32-10-1-11-32)25-30-19(14-23(31-25)24(28)33)12-16-8-9-29-26(16)34/h2-7,13-14,16H,1,8-12,15H2,(H2,28,33)(H,29,34). The smallest absolute Gasteiger partial charge is 0.267 e. The van der Waals surface area contributed by atoms with Crippen LogP contribution in [0.3, 0.4) is 0 Å². The number of likely N-dealkylation sites (tertiary alicyclic amines) is 1. The molecule has 2 aliphatic heterocycles. The third kappa shape index (κ3) is 5.30. The fourth-order valence-corrected chi connectivity index (χ4v) is 4.34. The molecule has 0 bridgehead atoms. The maximum absolute atomic E-state index is 13.3. The monoisotopic (exact) mass is 475 g/mol. The molecule has 2 fully saturated rings. The molecule has 3 aromatic rings. The van der Waals surface area contributed by atoms with Crippen molar-refractivity contribution in [3.05, 3.63) is 71.3 Å². The van der Waals surface area contributed by atoms with E-state index in [1.54, 1.807) is 24.3 Å². The molecule has 3 heterocycles. The Morgan fingerprint density at radius 1 is 1.11 bits per heavy atom. The number of primary amides is 1. The lowest BCUT2D eigenvalue weighted by Crippen LogP contribution is -2.36. The molecule has 5 rings (SSSR count). The van der Waals surface area contributed by atoms with Crippen LogP contribution in [-0.2, 0) is 17.8 Å². The highest BCUT2D eigenvalue weighted by atomic mass is 19.1. The molecule has 8 nitrogen and oxygen atoms in total. The zero-order valence-electron chi connectivity index (χ0n) is 19.2. The molecule has 35 heavy (non-hydrogen) atoms. The number of rotatable bonds is 8.